The second kappa shape index (κ2) is 7.32. The van der Waals surface area contributed by atoms with Gasteiger partial charge in [-0.3, -0.25) is 9.20 Å². The van der Waals surface area contributed by atoms with Crippen LogP contribution in [0.4, 0.5) is 0 Å². The molecule has 0 bridgehead atoms. The zero-order valence-electron chi connectivity index (χ0n) is 13.0. The van der Waals surface area contributed by atoms with Crippen LogP contribution in [0.5, 0.6) is 0 Å². The van der Waals surface area contributed by atoms with E-state index in [1.165, 1.54) is 0 Å². The Hall–Kier alpha value is -1.92. The fourth-order valence-electron chi connectivity index (χ4n) is 2.56. The van der Waals surface area contributed by atoms with Gasteiger partial charge in [0.1, 0.15) is 0 Å². The van der Waals surface area contributed by atoms with Gasteiger partial charge in [-0.2, -0.15) is 0 Å². The first-order valence-electron chi connectivity index (χ1n) is 7.65. The Morgan fingerprint density at radius 2 is 2.17 bits per heavy atom. The highest BCUT2D eigenvalue weighted by atomic mass is 79.9. The second-order valence-electron chi connectivity index (χ2n) is 5.43. The van der Waals surface area contributed by atoms with Gasteiger partial charge in [-0.05, 0) is 52.7 Å². The van der Waals surface area contributed by atoms with Crippen molar-refractivity contribution in [3.63, 3.8) is 0 Å². The first-order chi connectivity index (χ1) is 11.6. The van der Waals surface area contributed by atoms with Gasteiger partial charge < -0.3 is 5.32 Å². The van der Waals surface area contributed by atoms with Crippen LogP contribution in [0, 0.1) is 0 Å². The summed E-state index contributed by atoms with van der Waals surface area (Å²) in [5.41, 5.74) is 1.25. The Balaban J connectivity index is 1.91. The predicted octanol–water partition coefficient (Wildman–Crippen LogP) is 4.42. The van der Waals surface area contributed by atoms with Crippen molar-refractivity contribution in [3.05, 3.63) is 63.5 Å². The number of benzene rings is 1. The highest BCUT2D eigenvalue weighted by Crippen LogP contribution is 2.23. The van der Waals surface area contributed by atoms with E-state index >= 15 is 0 Å². The number of carbonyl (C=O) groups is 1. The maximum Gasteiger partial charge on any atom is 0.253 e. The molecule has 0 radical (unpaired) electrons. The number of aromatic nitrogens is 3. The Bertz CT molecular complexity index is 880. The molecule has 24 heavy (non-hydrogen) atoms. The van der Waals surface area contributed by atoms with Crippen molar-refractivity contribution in [1.82, 2.24) is 19.9 Å². The van der Waals surface area contributed by atoms with Gasteiger partial charge >= 0.3 is 0 Å². The summed E-state index contributed by atoms with van der Waals surface area (Å²) in [6.07, 6.45) is 3.57. The van der Waals surface area contributed by atoms with Crippen LogP contribution >= 0.6 is 27.5 Å². The molecular weight excluding hydrogens is 392 g/mol. The summed E-state index contributed by atoms with van der Waals surface area (Å²) in [5, 5.41) is 12.0. The van der Waals surface area contributed by atoms with Gasteiger partial charge in [0.15, 0.2) is 11.5 Å². The Kier molecular flexibility index (Phi) is 5.16. The fraction of sp³-hybridized carbons (Fsp3) is 0.235. The summed E-state index contributed by atoms with van der Waals surface area (Å²) in [5.74, 6) is 0.523. The quantitative estimate of drug-likeness (QED) is 0.681. The minimum Gasteiger partial charge on any atom is -0.342 e. The number of nitrogens with one attached hydrogen (secondary N) is 1. The van der Waals surface area contributed by atoms with Crippen LogP contribution in [0.15, 0.2) is 47.1 Å². The lowest BCUT2D eigenvalue weighted by molar-refractivity contribution is 0.0931. The number of amides is 1. The molecule has 5 nitrogen and oxygen atoms in total. The molecule has 0 saturated carbocycles. The molecule has 3 aromatic rings. The van der Waals surface area contributed by atoms with Crippen molar-refractivity contribution in [2.75, 3.05) is 0 Å². The largest absolute Gasteiger partial charge is 0.342 e. The number of hydrogen-bond donors (Lipinski definition) is 1. The molecule has 2 aromatic heterocycles. The van der Waals surface area contributed by atoms with Crippen molar-refractivity contribution in [2.24, 2.45) is 0 Å². The predicted molar refractivity (Wildman–Crippen MR) is 97.3 cm³/mol. The molecule has 1 amide bonds. The summed E-state index contributed by atoms with van der Waals surface area (Å²) < 4.78 is 2.60. The lowest BCUT2D eigenvalue weighted by Crippen LogP contribution is -2.30. The van der Waals surface area contributed by atoms with Crippen molar-refractivity contribution in [1.29, 1.82) is 0 Å². The van der Waals surface area contributed by atoms with Crippen molar-refractivity contribution in [2.45, 2.75) is 25.8 Å². The van der Waals surface area contributed by atoms with E-state index in [0.29, 0.717) is 15.1 Å². The summed E-state index contributed by atoms with van der Waals surface area (Å²) in [7, 11) is 0. The average Bonchev–Trinajstić information content (AvgIpc) is 3.00. The molecular formula is C17H16BrClN4O. The molecule has 124 valence electrons. The molecule has 2 heterocycles. The van der Waals surface area contributed by atoms with E-state index in [-0.39, 0.29) is 11.9 Å². The molecule has 0 saturated heterocycles. The summed E-state index contributed by atoms with van der Waals surface area (Å²) in [6.45, 7) is 2.07. The monoisotopic (exact) mass is 406 g/mol. The molecule has 0 aliphatic rings. The molecule has 0 aliphatic carbocycles. The van der Waals surface area contributed by atoms with Crippen LogP contribution < -0.4 is 5.32 Å². The molecule has 0 spiro atoms. The van der Waals surface area contributed by atoms with E-state index in [4.69, 9.17) is 11.6 Å². The van der Waals surface area contributed by atoms with Gasteiger partial charge in [0.25, 0.3) is 5.91 Å². The van der Waals surface area contributed by atoms with Crippen LogP contribution in [0.25, 0.3) is 5.65 Å². The van der Waals surface area contributed by atoms with Crippen LogP contribution in [0.3, 0.4) is 0 Å². The second-order valence-corrected chi connectivity index (χ2v) is 6.72. The van der Waals surface area contributed by atoms with E-state index in [9.17, 15) is 4.79 Å². The van der Waals surface area contributed by atoms with Gasteiger partial charge in [0.05, 0.1) is 11.6 Å². The fourth-order valence-corrected chi connectivity index (χ4v) is 3.16. The van der Waals surface area contributed by atoms with Gasteiger partial charge in [0, 0.05) is 15.7 Å². The Morgan fingerprint density at radius 1 is 1.33 bits per heavy atom. The molecule has 3 rings (SSSR count). The third-order valence-corrected chi connectivity index (χ3v) is 4.63. The first-order valence-corrected chi connectivity index (χ1v) is 8.83. The lowest BCUT2D eigenvalue weighted by atomic mass is 10.1. The van der Waals surface area contributed by atoms with Crippen LogP contribution in [-0.4, -0.2) is 20.5 Å². The molecule has 7 heteroatoms. The van der Waals surface area contributed by atoms with Gasteiger partial charge in [-0.1, -0.05) is 31.0 Å². The zero-order chi connectivity index (χ0) is 17.1. The molecule has 0 fully saturated rings. The number of nitrogens with zero attached hydrogens (tertiary/aromatic N) is 3. The summed E-state index contributed by atoms with van der Waals surface area (Å²) in [4.78, 5) is 12.7. The zero-order valence-corrected chi connectivity index (χ0v) is 15.4. The van der Waals surface area contributed by atoms with E-state index < -0.39 is 0 Å². The van der Waals surface area contributed by atoms with Crippen LogP contribution in [0.1, 0.15) is 42.0 Å². The average molecular weight is 408 g/mol. The molecule has 1 N–H and O–H groups in total. The van der Waals surface area contributed by atoms with Crippen molar-refractivity contribution in [3.8, 4) is 0 Å². The number of carbonyl (C=O) groups excluding carboxylic acids is 1. The SMILES string of the molecule is CCCC(NC(=O)c1cc(Cl)ccc1Br)c1nnc2ccccn12. The maximum atomic E-state index is 12.7. The molecule has 1 aromatic carbocycles. The number of hydrogen-bond acceptors (Lipinski definition) is 3. The molecule has 0 aliphatic heterocycles. The third-order valence-electron chi connectivity index (χ3n) is 3.71. The highest BCUT2D eigenvalue weighted by Gasteiger charge is 2.21. The molecule has 1 atom stereocenters. The highest BCUT2D eigenvalue weighted by molar-refractivity contribution is 9.10. The molecule has 1 unspecified atom stereocenters. The first kappa shape index (κ1) is 16.9. The van der Waals surface area contributed by atoms with E-state index in [2.05, 4.69) is 38.4 Å². The lowest BCUT2D eigenvalue weighted by Gasteiger charge is -2.17. The minimum atomic E-state index is -0.231. The summed E-state index contributed by atoms with van der Waals surface area (Å²) >= 11 is 9.40. The van der Waals surface area contributed by atoms with Crippen LogP contribution in [-0.2, 0) is 0 Å². The van der Waals surface area contributed by atoms with E-state index in [0.717, 1.165) is 24.3 Å². The summed E-state index contributed by atoms with van der Waals surface area (Å²) in [6, 6.07) is 10.6. The standard InChI is InChI=1S/C17H16BrClN4O/c1-2-5-14(16-22-21-15-6-3-4-9-23(15)16)20-17(24)12-10-11(19)7-8-13(12)18/h3-4,6-10,14H,2,5H2,1H3,(H,20,24). The van der Waals surface area contributed by atoms with Crippen molar-refractivity contribution < 1.29 is 4.79 Å². The van der Waals surface area contributed by atoms with E-state index in [1.807, 2.05) is 28.8 Å². The van der Waals surface area contributed by atoms with Gasteiger partial charge in [0.2, 0.25) is 0 Å². The Morgan fingerprint density at radius 3 is 2.96 bits per heavy atom. The number of pyridine rings is 1. The van der Waals surface area contributed by atoms with Crippen LogP contribution in [0.2, 0.25) is 5.02 Å². The third kappa shape index (κ3) is 3.44. The van der Waals surface area contributed by atoms with Gasteiger partial charge in [-0.15, -0.1) is 10.2 Å². The van der Waals surface area contributed by atoms with Gasteiger partial charge in [-0.25, -0.2) is 0 Å². The van der Waals surface area contributed by atoms with Crippen molar-refractivity contribution >= 4 is 39.1 Å². The number of halogens is 2. The maximum absolute atomic E-state index is 12.7. The minimum absolute atomic E-state index is 0.199. The Labute approximate surface area is 153 Å². The number of fused-ring (bicyclic) bond motifs is 1. The van der Waals surface area contributed by atoms with E-state index in [1.54, 1.807) is 18.2 Å². The number of rotatable bonds is 5. The normalized spacial score (nSPS) is 12.3. The topological polar surface area (TPSA) is 59.3 Å². The smallest absolute Gasteiger partial charge is 0.253 e.